The maximum Gasteiger partial charge on any atom is 0.163 e. The molecular weight excluding hydrogens is 192 g/mol. The highest BCUT2D eigenvalue weighted by Gasteiger charge is 2.48. The Morgan fingerprint density at radius 1 is 1.47 bits per heavy atom. The largest absolute Gasteiger partial charge is 0.385 e. The van der Waals surface area contributed by atoms with Crippen LogP contribution in [0.15, 0.2) is 11.1 Å². The van der Waals surface area contributed by atoms with Crippen molar-refractivity contribution in [3.05, 3.63) is 11.1 Å². The SMILES string of the molecule is C#CC1=C(C)C[C@H]2OC(C)(C)O[C@H]2[C@H]1O. The molecule has 3 heteroatoms. The van der Waals surface area contributed by atoms with Gasteiger partial charge in [-0.3, -0.25) is 0 Å². The second-order valence-electron chi connectivity index (χ2n) is 4.63. The molecule has 0 amide bonds. The number of rotatable bonds is 0. The van der Waals surface area contributed by atoms with Crippen molar-refractivity contribution >= 4 is 0 Å². The Hall–Kier alpha value is -0.820. The fraction of sp³-hybridized carbons (Fsp3) is 0.667. The van der Waals surface area contributed by atoms with Gasteiger partial charge in [0.15, 0.2) is 5.79 Å². The molecule has 0 aromatic rings. The molecule has 82 valence electrons. The van der Waals surface area contributed by atoms with Gasteiger partial charge in [0.05, 0.1) is 6.10 Å². The average Bonchev–Trinajstić information content (AvgIpc) is 2.41. The molecule has 1 fully saturated rings. The van der Waals surface area contributed by atoms with Crippen molar-refractivity contribution in [3.8, 4) is 12.3 Å². The van der Waals surface area contributed by atoms with Gasteiger partial charge >= 0.3 is 0 Å². The van der Waals surface area contributed by atoms with E-state index in [0.29, 0.717) is 5.57 Å². The Bertz CT molecular complexity index is 348. The summed E-state index contributed by atoms with van der Waals surface area (Å²) in [5.74, 6) is 1.91. The first-order valence-electron chi connectivity index (χ1n) is 5.14. The minimum Gasteiger partial charge on any atom is -0.385 e. The van der Waals surface area contributed by atoms with Gasteiger partial charge in [-0.05, 0) is 27.2 Å². The molecule has 0 spiro atoms. The van der Waals surface area contributed by atoms with Gasteiger partial charge in [0, 0.05) is 5.57 Å². The molecule has 0 aromatic carbocycles. The topological polar surface area (TPSA) is 38.7 Å². The van der Waals surface area contributed by atoms with E-state index >= 15 is 0 Å². The van der Waals surface area contributed by atoms with E-state index in [4.69, 9.17) is 15.9 Å². The first-order valence-corrected chi connectivity index (χ1v) is 5.14. The van der Waals surface area contributed by atoms with Crippen molar-refractivity contribution in [3.63, 3.8) is 0 Å². The number of fused-ring (bicyclic) bond motifs is 1. The van der Waals surface area contributed by atoms with Gasteiger partial charge in [-0.25, -0.2) is 0 Å². The molecule has 15 heavy (non-hydrogen) atoms. The summed E-state index contributed by atoms with van der Waals surface area (Å²) in [7, 11) is 0. The molecule has 0 radical (unpaired) electrons. The summed E-state index contributed by atoms with van der Waals surface area (Å²) in [6, 6.07) is 0. The molecule has 1 aliphatic carbocycles. The summed E-state index contributed by atoms with van der Waals surface area (Å²) in [6.07, 6.45) is 4.98. The number of ether oxygens (including phenoxy) is 2. The standard InChI is InChI=1S/C12H16O3/c1-5-8-7(2)6-9-11(10(8)13)15-12(3,4)14-9/h1,9-11,13H,6H2,2-4H3/t9-,10+,11-/m1/s1. The third-order valence-electron chi connectivity index (χ3n) is 2.95. The number of hydrogen-bond donors (Lipinski definition) is 1. The zero-order valence-electron chi connectivity index (χ0n) is 9.28. The quantitative estimate of drug-likeness (QED) is 0.608. The average molecular weight is 208 g/mol. The van der Waals surface area contributed by atoms with Gasteiger partial charge in [-0.2, -0.15) is 0 Å². The Labute approximate surface area is 90.1 Å². The number of hydrogen-bond acceptors (Lipinski definition) is 3. The lowest BCUT2D eigenvalue weighted by molar-refractivity contribution is -0.151. The van der Waals surface area contributed by atoms with E-state index in [9.17, 15) is 5.11 Å². The van der Waals surface area contributed by atoms with E-state index in [0.717, 1.165) is 12.0 Å². The molecule has 1 N–H and O–H groups in total. The van der Waals surface area contributed by atoms with E-state index in [1.54, 1.807) is 0 Å². The van der Waals surface area contributed by atoms with E-state index in [1.807, 2.05) is 20.8 Å². The Kier molecular flexibility index (Phi) is 2.38. The zero-order chi connectivity index (χ0) is 11.2. The third-order valence-corrected chi connectivity index (χ3v) is 2.95. The van der Waals surface area contributed by atoms with Crippen LogP contribution >= 0.6 is 0 Å². The lowest BCUT2D eigenvalue weighted by Crippen LogP contribution is -2.40. The molecule has 2 rings (SSSR count). The lowest BCUT2D eigenvalue weighted by Gasteiger charge is -2.28. The smallest absolute Gasteiger partial charge is 0.163 e. The van der Waals surface area contributed by atoms with E-state index in [-0.39, 0.29) is 12.2 Å². The summed E-state index contributed by atoms with van der Waals surface area (Å²) in [5.41, 5.74) is 1.67. The van der Waals surface area contributed by atoms with Crippen molar-refractivity contribution in [2.24, 2.45) is 0 Å². The van der Waals surface area contributed by atoms with E-state index in [2.05, 4.69) is 5.92 Å². The Balaban J connectivity index is 2.29. The fourth-order valence-corrected chi connectivity index (χ4v) is 2.33. The van der Waals surface area contributed by atoms with Crippen molar-refractivity contribution in [2.75, 3.05) is 0 Å². The summed E-state index contributed by atoms with van der Waals surface area (Å²) < 4.78 is 11.3. The van der Waals surface area contributed by atoms with Crippen LogP contribution in [0.2, 0.25) is 0 Å². The highest BCUT2D eigenvalue weighted by Crippen LogP contribution is 2.38. The molecule has 1 aliphatic heterocycles. The first kappa shape index (κ1) is 10.7. The van der Waals surface area contributed by atoms with Crippen LogP contribution < -0.4 is 0 Å². The maximum atomic E-state index is 10.0. The fourth-order valence-electron chi connectivity index (χ4n) is 2.33. The molecule has 2 aliphatic rings. The van der Waals surface area contributed by atoms with Crippen LogP contribution in [0, 0.1) is 12.3 Å². The number of aliphatic hydroxyl groups excluding tert-OH is 1. The third kappa shape index (κ3) is 1.69. The highest BCUT2D eigenvalue weighted by atomic mass is 16.8. The van der Waals surface area contributed by atoms with Gasteiger partial charge < -0.3 is 14.6 Å². The zero-order valence-corrected chi connectivity index (χ0v) is 9.28. The molecule has 0 aromatic heterocycles. The minimum absolute atomic E-state index is 0.0768. The molecular formula is C12H16O3. The first-order chi connectivity index (χ1) is 6.94. The summed E-state index contributed by atoms with van der Waals surface area (Å²) in [4.78, 5) is 0. The van der Waals surface area contributed by atoms with Crippen LogP contribution in [0.1, 0.15) is 27.2 Å². The lowest BCUT2D eigenvalue weighted by atomic mass is 9.86. The van der Waals surface area contributed by atoms with Gasteiger partial charge in [0.1, 0.15) is 12.2 Å². The molecule has 1 heterocycles. The molecule has 1 saturated heterocycles. The van der Waals surface area contributed by atoms with Gasteiger partial charge in [-0.1, -0.05) is 11.5 Å². The second kappa shape index (κ2) is 3.34. The van der Waals surface area contributed by atoms with Gasteiger partial charge in [0.25, 0.3) is 0 Å². The van der Waals surface area contributed by atoms with Crippen LogP contribution in [0.5, 0.6) is 0 Å². The summed E-state index contributed by atoms with van der Waals surface area (Å²) >= 11 is 0. The normalized spacial score (nSPS) is 38.7. The highest BCUT2D eigenvalue weighted by molar-refractivity contribution is 5.38. The van der Waals surface area contributed by atoms with Crippen LogP contribution in [-0.4, -0.2) is 29.2 Å². The number of terminal acetylenes is 1. The van der Waals surface area contributed by atoms with Crippen LogP contribution in [0.4, 0.5) is 0 Å². The van der Waals surface area contributed by atoms with Crippen molar-refractivity contribution in [1.82, 2.24) is 0 Å². The summed E-state index contributed by atoms with van der Waals surface area (Å²) in [5, 5.41) is 10.0. The number of aliphatic hydroxyl groups is 1. The second-order valence-corrected chi connectivity index (χ2v) is 4.63. The van der Waals surface area contributed by atoms with Crippen molar-refractivity contribution < 1.29 is 14.6 Å². The van der Waals surface area contributed by atoms with E-state index < -0.39 is 11.9 Å². The Morgan fingerprint density at radius 3 is 2.73 bits per heavy atom. The molecule has 3 atom stereocenters. The molecule has 3 nitrogen and oxygen atoms in total. The monoisotopic (exact) mass is 208 g/mol. The van der Waals surface area contributed by atoms with E-state index in [1.165, 1.54) is 0 Å². The predicted molar refractivity (Wildman–Crippen MR) is 56.0 cm³/mol. The van der Waals surface area contributed by atoms with Crippen LogP contribution in [-0.2, 0) is 9.47 Å². The van der Waals surface area contributed by atoms with Crippen molar-refractivity contribution in [1.29, 1.82) is 0 Å². The van der Waals surface area contributed by atoms with Crippen molar-refractivity contribution in [2.45, 2.75) is 51.3 Å². The maximum absolute atomic E-state index is 10.0. The van der Waals surface area contributed by atoms with Gasteiger partial charge in [0.2, 0.25) is 0 Å². The molecule has 0 bridgehead atoms. The summed E-state index contributed by atoms with van der Waals surface area (Å²) in [6.45, 7) is 5.63. The Morgan fingerprint density at radius 2 is 2.13 bits per heavy atom. The minimum atomic E-state index is -0.726. The van der Waals surface area contributed by atoms with Gasteiger partial charge in [-0.15, -0.1) is 6.42 Å². The molecule has 0 unspecified atom stereocenters. The van der Waals surface area contributed by atoms with Crippen LogP contribution in [0.25, 0.3) is 0 Å². The molecule has 0 saturated carbocycles. The predicted octanol–water partition coefficient (Wildman–Crippen LogP) is 1.22. The van der Waals surface area contributed by atoms with Crippen LogP contribution in [0.3, 0.4) is 0 Å².